The molecule has 0 unspecified atom stereocenters. The van der Waals surface area contributed by atoms with Gasteiger partial charge in [0.15, 0.2) is 0 Å². The Hall–Kier alpha value is -2.33. The minimum atomic E-state index is 0.110. The smallest absolute Gasteiger partial charge is 0.133 e. The van der Waals surface area contributed by atoms with E-state index in [1.807, 2.05) is 30.3 Å². The van der Waals surface area contributed by atoms with Gasteiger partial charge in [-0.3, -0.25) is 5.41 Å². The first kappa shape index (κ1) is 13.6. The molecule has 4 heteroatoms. The maximum Gasteiger partial charge on any atom is 0.133 e. The molecular weight excluding hydrogens is 280 g/mol. The van der Waals surface area contributed by atoms with Crippen molar-refractivity contribution in [2.45, 2.75) is 13.5 Å². The van der Waals surface area contributed by atoms with Crippen LogP contribution in [0.3, 0.4) is 0 Å². The van der Waals surface area contributed by atoms with Gasteiger partial charge in [0.2, 0.25) is 0 Å². The monoisotopic (exact) mass is 296 g/mol. The molecule has 3 aromatic rings. The predicted octanol–water partition coefficient (Wildman–Crippen LogP) is 4.07. The van der Waals surface area contributed by atoms with Crippen LogP contribution in [0.4, 0.5) is 0 Å². The van der Waals surface area contributed by atoms with Crippen LogP contribution in [0.25, 0.3) is 10.1 Å². The minimum absolute atomic E-state index is 0.110. The SMILES string of the molecule is Cc1cccc(COc2ccc3cc(C(=N)N)sc3c2)c1. The summed E-state index contributed by atoms with van der Waals surface area (Å²) in [5, 5.41) is 8.58. The molecule has 3 rings (SSSR count). The summed E-state index contributed by atoms with van der Waals surface area (Å²) >= 11 is 1.51. The third-order valence-corrected chi connectivity index (χ3v) is 4.38. The second-order valence-corrected chi connectivity index (χ2v) is 6.09. The highest BCUT2D eigenvalue weighted by atomic mass is 32.1. The summed E-state index contributed by atoms with van der Waals surface area (Å²) in [5.41, 5.74) is 7.92. The van der Waals surface area contributed by atoms with Crippen molar-refractivity contribution in [2.24, 2.45) is 5.73 Å². The van der Waals surface area contributed by atoms with Gasteiger partial charge in [-0.25, -0.2) is 0 Å². The molecule has 0 bridgehead atoms. The first-order valence-electron chi connectivity index (χ1n) is 6.68. The summed E-state index contributed by atoms with van der Waals surface area (Å²) in [6.45, 7) is 2.63. The normalized spacial score (nSPS) is 10.7. The van der Waals surface area contributed by atoms with Gasteiger partial charge in [0, 0.05) is 4.70 Å². The quantitative estimate of drug-likeness (QED) is 0.563. The van der Waals surface area contributed by atoms with Crippen molar-refractivity contribution < 1.29 is 4.74 Å². The van der Waals surface area contributed by atoms with Gasteiger partial charge in [-0.05, 0) is 42.1 Å². The molecule has 0 aliphatic rings. The van der Waals surface area contributed by atoms with Crippen molar-refractivity contribution in [3.8, 4) is 5.75 Å². The van der Waals surface area contributed by atoms with Gasteiger partial charge < -0.3 is 10.5 Å². The maximum atomic E-state index is 7.49. The van der Waals surface area contributed by atoms with E-state index in [1.54, 1.807) is 0 Å². The van der Waals surface area contributed by atoms with Gasteiger partial charge in [0.25, 0.3) is 0 Å². The van der Waals surface area contributed by atoms with E-state index >= 15 is 0 Å². The number of amidine groups is 1. The summed E-state index contributed by atoms with van der Waals surface area (Å²) < 4.78 is 6.93. The highest BCUT2D eigenvalue weighted by molar-refractivity contribution is 7.20. The van der Waals surface area contributed by atoms with E-state index < -0.39 is 0 Å². The number of nitrogens with two attached hydrogens (primary N) is 1. The fourth-order valence-electron chi connectivity index (χ4n) is 2.20. The standard InChI is InChI=1S/C17H16N2OS/c1-11-3-2-4-12(7-11)10-20-14-6-5-13-8-16(17(18)19)21-15(13)9-14/h2-9H,10H2,1H3,(H3,18,19). The van der Waals surface area contributed by atoms with E-state index in [4.69, 9.17) is 15.9 Å². The van der Waals surface area contributed by atoms with Crippen LogP contribution in [0, 0.1) is 12.3 Å². The number of ether oxygens (including phenoxy) is 1. The second kappa shape index (κ2) is 5.58. The maximum absolute atomic E-state index is 7.49. The van der Waals surface area contributed by atoms with Crippen LogP contribution in [0.5, 0.6) is 5.75 Å². The van der Waals surface area contributed by atoms with Crippen LogP contribution in [0.15, 0.2) is 48.5 Å². The lowest BCUT2D eigenvalue weighted by Crippen LogP contribution is -2.08. The number of rotatable bonds is 4. The summed E-state index contributed by atoms with van der Waals surface area (Å²) in [7, 11) is 0. The summed E-state index contributed by atoms with van der Waals surface area (Å²) in [5.74, 6) is 0.944. The summed E-state index contributed by atoms with van der Waals surface area (Å²) in [4.78, 5) is 0.792. The van der Waals surface area contributed by atoms with E-state index in [0.717, 1.165) is 26.3 Å². The zero-order valence-corrected chi connectivity index (χ0v) is 12.5. The van der Waals surface area contributed by atoms with Gasteiger partial charge >= 0.3 is 0 Å². The molecule has 1 aromatic heterocycles. The average molecular weight is 296 g/mol. The number of fused-ring (bicyclic) bond motifs is 1. The highest BCUT2D eigenvalue weighted by Gasteiger charge is 2.05. The lowest BCUT2D eigenvalue weighted by atomic mass is 10.1. The fraction of sp³-hybridized carbons (Fsp3) is 0.118. The van der Waals surface area contributed by atoms with E-state index in [1.165, 1.54) is 16.9 Å². The number of hydrogen-bond acceptors (Lipinski definition) is 3. The van der Waals surface area contributed by atoms with Gasteiger partial charge in [-0.2, -0.15) is 0 Å². The Balaban J connectivity index is 1.79. The molecular formula is C17H16N2OS. The van der Waals surface area contributed by atoms with E-state index in [0.29, 0.717) is 6.61 Å². The molecule has 0 fully saturated rings. The Morgan fingerprint density at radius 1 is 1.19 bits per heavy atom. The lowest BCUT2D eigenvalue weighted by Gasteiger charge is -2.07. The van der Waals surface area contributed by atoms with Crippen LogP contribution >= 0.6 is 11.3 Å². The first-order chi connectivity index (χ1) is 10.1. The fourth-order valence-corrected chi connectivity index (χ4v) is 3.16. The topological polar surface area (TPSA) is 59.1 Å². The molecule has 3 nitrogen and oxygen atoms in total. The van der Waals surface area contributed by atoms with Crippen molar-refractivity contribution in [3.05, 3.63) is 64.5 Å². The van der Waals surface area contributed by atoms with Crippen LogP contribution in [-0.2, 0) is 6.61 Å². The molecule has 0 aliphatic heterocycles. The predicted molar refractivity (Wildman–Crippen MR) is 88.4 cm³/mol. The average Bonchev–Trinajstić information content (AvgIpc) is 2.88. The van der Waals surface area contributed by atoms with Crippen LogP contribution in [0.2, 0.25) is 0 Å². The van der Waals surface area contributed by atoms with Crippen molar-refractivity contribution in [1.82, 2.24) is 0 Å². The Labute approximate surface area is 127 Å². The van der Waals surface area contributed by atoms with Crippen molar-refractivity contribution in [1.29, 1.82) is 5.41 Å². The largest absolute Gasteiger partial charge is 0.489 e. The zero-order valence-electron chi connectivity index (χ0n) is 11.7. The molecule has 0 radical (unpaired) electrons. The number of aryl methyl sites for hydroxylation is 1. The van der Waals surface area contributed by atoms with Crippen molar-refractivity contribution >= 4 is 27.3 Å². The molecule has 0 aliphatic carbocycles. The molecule has 0 atom stereocenters. The Bertz CT molecular complexity index is 807. The second-order valence-electron chi connectivity index (χ2n) is 5.00. The van der Waals surface area contributed by atoms with E-state index in [-0.39, 0.29) is 5.84 Å². The number of benzene rings is 2. The van der Waals surface area contributed by atoms with E-state index in [9.17, 15) is 0 Å². The zero-order chi connectivity index (χ0) is 14.8. The molecule has 3 N–H and O–H groups in total. The van der Waals surface area contributed by atoms with Gasteiger partial charge in [0.1, 0.15) is 18.2 Å². The van der Waals surface area contributed by atoms with Gasteiger partial charge in [-0.15, -0.1) is 11.3 Å². The Morgan fingerprint density at radius 2 is 2.05 bits per heavy atom. The molecule has 2 aromatic carbocycles. The Kier molecular flexibility index (Phi) is 3.62. The third-order valence-electron chi connectivity index (χ3n) is 3.24. The third kappa shape index (κ3) is 3.06. The van der Waals surface area contributed by atoms with Crippen LogP contribution in [-0.4, -0.2) is 5.84 Å². The molecule has 1 heterocycles. The number of nitrogen functional groups attached to an aromatic ring is 1. The highest BCUT2D eigenvalue weighted by Crippen LogP contribution is 2.29. The van der Waals surface area contributed by atoms with Gasteiger partial charge in [-0.1, -0.05) is 29.8 Å². The summed E-state index contributed by atoms with van der Waals surface area (Å²) in [6.07, 6.45) is 0. The molecule has 106 valence electrons. The molecule has 0 amide bonds. The number of hydrogen-bond donors (Lipinski definition) is 2. The molecule has 21 heavy (non-hydrogen) atoms. The minimum Gasteiger partial charge on any atom is -0.489 e. The van der Waals surface area contributed by atoms with Gasteiger partial charge in [0.05, 0.1) is 4.88 Å². The molecule has 0 saturated heterocycles. The number of thiophene rings is 1. The lowest BCUT2D eigenvalue weighted by molar-refractivity contribution is 0.306. The first-order valence-corrected chi connectivity index (χ1v) is 7.50. The van der Waals surface area contributed by atoms with Crippen molar-refractivity contribution in [3.63, 3.8) is 0 Å². The summed E-state index contributed by atoms with van der Waals surface area (Å²) in [6, 6.07) is 16.2. The van der Waals surface area contributed by atoms with Crippen LogP contribution < -0.4 is 10.5 Å². The van der Waals surface area contributed by atoms with Crippen molar-refractivity contribution in [2.75, 3.05) is 0 Å². The van der Waals surface area contributed by atoms with E-state index in [2.05, 4.69) is 25.1 Å². The molecule has 0 spiro atoms. The van der Waals surface area contributed by atoms with Crippen LogP contribution in [0.1, 0.15) is 16.0 Å². The Morgan fingerprint density at radius 3 is 2.81 bits per heavy atom. The molecule has 0 saturated carbocycles. The number of nitrogens with one attached hydrogen (secondary N) is 1.